The van der Waals surface area contributed by atoms with E-state index in [1.54, 1.807) is 17.2 Å². The highest BCUT2D eigenvalue weighted by molar-refractivity contribution is 6.31. The van der Waals surface area contributed by atoms with Gasteiger partial charge in [0.15, 0.2) is 0 Å². The Morgan fingerprint density at radius 1 is 1.12 bits per heavy atom. The van der Waals surface area contributed by atoms with E-state index in [4.69, 9.17) is 11.6 Å². The van der Waals surface area contributed by atoms with Crippen LogP contribution in [0.2, 0.25) is 5.02 Å². The number of halogens is 1. The van der Waals surface area contributed by atoms with Gasteiger partial charge in [0.2, 0.25) is 11.8 Å². The van der Waals surface area contributed by atoms with E-state index in [1.165, 1.54) is 6.92 Å². The van der Waals surface area contributed by atoms with Gasteiger partial charge in [-0.05, 0) is 28.8 Å². The van der Waals surface area contributed by atoms with Crippen molar-refractivity contribution in [1.29, 1.82) is 0 Å². The molecule has 0 saturated carbocycles. The summed E-state index contributed by atoms with van der Waals surface area (Å²) in [6, 6.07) is 14.9. The number of carbonyl (C=O) groups is 2. The minimum absolute atomic E-state index is 0.0883. The quantitative estimate of drug-likeness (QED) is 0.904. The van der Waals surface area contributed by atoms with Crippen LogP contribution >= 0.6 is 11.6 Å². The van der Waals surface area contributed by atoms with Gasteiger partial charge in [0, 0.05) is 24.7 Å². The van der Waals surface area contributed by atoms with Crippen LogP contribution in [0.15, 0.2) is 54.7 Å². The first-order chi connectivity index (χ1) is 12.1. The van der Waals surface area contributed by atoms with Gasteiger partial charge in [-0.15, -0.1) is 0 Å². The molecule has 1 aliphatic heterocycles. The summed E-state index contributed by atoms with van der Waals surface area (Å²) in [6.45, 7) is 1.87. The van der Waals surface area contributed by atoms with Crippen molar-refractivity contribution >= 4 is 29.5 Å². The summed E-state index contributed by atoms with van der Waals surface area (Å²) in [7, 11) is 0. The Kier molecular flexibility index (Phi) is 5.19. The van der Waals surface area contributed by atoms with Crippen molar-refractivity contribution in [3.63, 3.8) is 0 Å². The van der Waals surface area contributed by atoms with Gasteiger partial charge in [-0.25, -0.2) is 0 Å². The molecular weight excluding hydrogens is 336 g/mol. The summed E-state index contributed by atoms with van der Waals surface area (Å²) in [5.41, 5.74) is 2.88. The van der Waals surface area contributed by atoms with Gasteiger partial charge < -0.3 is 10.2 Å². The molecule has 2 aromatic carbocycles. The molecular formula is C20H19ClN2O2. The second-order valence-electron chi connectivity index (χ2n) is 5.96. The van der Waals surface area contributed by atoms with Crippen LogP contribution in [-0.4, -0.2) is 16.7 Å². The van der Waals surface area contributed by atoms with Gasteiger partial charge >= 0.3 is 0 Å². The molecule has 1 aliphatic rings. The van der Waals surface area contributed by atoms with Crippen molar-refractivity contribution in [2.45, 2.75) is 25.9 Å². The Bertz CT molecular complexity index is 832. The number of rotatable bonds is 4. The van der Waals surface area contributed by atoms with E-state index < -0.39 is 0 Å². The second kappa shape index (κ2) is 7.53. The molecule has 5 heteroatoms. The van der Waals surface area contributed by atoms with Gasteiger partial charge in [-0.3, -0.25) is 9.59 Å². The summed E-state index contributed by atoms with van der Waals surface area (Å²) in [6.07, 6.45) is 3.84. The lowest BCUT2D eigenvalue weighted by atomic mass is 9.93. The third kappa shape index (κ3) is 3.91. The normalized spacial score (nSPS) is 15.6. The van der Waals surface area contributed by atoms with Crippen molar-refractivity contribution in [1.82, 2.24) is 10.2 Å². The maximum atomic E-state index is 12.5. The molecule has 0 fully saturated rings. The van der Waals surface area contributed by atoms with Crippen molar-refractivity contribution in [3.8, 4) is 0 Å². The fourth-order valence-corrected chi connectivity index (χ4v) is 3.20. The fourth-order valence-electron chi connectivity index (χ4n) is 3.00. The smallest absolute Gasteiger partial charge is 0.223 e. The van der Waals surface area contributed by atoms with Crippen LogP contribution in [0, 0.1) is 0 Å². The van der Waals surface area contributed by atoms with E-state index in [0.29, 0.717) is 11.6 Å². The molecule has 128 valence electrons. The van der Waals surface area contributed by atoms with Crippen molar-refractivity contribution < 1.29 is 9.59 Å². The molecule has 0 spiro atoms. The van der Waals surface area contributed by atoms with Crippen LogP contribution in [0.25, 0.3) is 6.08 Å². The SMILES string of the molecule is CC(=O)N1C=Cc2ccccc2[C@H]1CC(=O)NCc1ccccc1Cl. The number of nitrogens with one attached hydrogen (secondary N) is 1. The van der Waals surface area contributed by atoms with Crippen LogP contribution in [0.1, 0.15) is 36.1 Å². The molecule has 1 atom stereocenters. The van der Waals surface area contributed by atoms with E-state index >= 15 is 0 Å². The lowest BCUT2D eigenvalue weighted by molar-refractivity contribution is -0.130. The number of hydrogen-bond donors (Lipinski definition) is 1. The molecule has 3 rings (SSSR count). The largest absolute Gasteiger partial charge is 0.352 e. The maximum absolute atomic E-state index is 12.5. The van der Waals surface area contributed by atoms with Crippen LogP contribution in [-0.2, 0) is 16.1 Å². The second-order valence-corrected chi connectivity index (χ2v) is 6.37. The number of amides is 2. The third-order valence-electron chi connectivity index (χ3n) is 4.28. The Hall–Kier alpha value is -2.59. The topological polar surface area (TPSA) is 49.4 Å². The maximum Gasteiger partial charge on any atom is 0.223 e. The fraction of sp³-hybridized carbons (Fsp3) is 0.200. The molecule has 0 saturated heterocycles. The zero-order chi connectivity index (χ0) is 17.8. The summed E-state index contributed by atoms with van der Waals surface area (Å²) in [5.74, 6) is -0.212. The summed E-state index contributed by atoms with van der Waals surface area (Å²) < 4.78 is 0. The van der Waals surface area contributed by atoms with Crippen LogP contribution in [0.5, 0.6) is 0 Å². The average molecular weight is 355 g/mol. The number of nitrogens with zero attached hydrogens (tertiary/aromatic N) is 1. The number of fused-ring (bicyclic) bond motifs is 1. The molecule has 0 bridgehead atoms. The van der Waals surface area contributed by atoms with Gasteiger partial charge in [0.1, 0.15) is 0 Å². The molecule has 25 heavy (non-hydrogen) atoms. The number of carbonyl (C=O) groups excluding carboxylic acids is 2. The first-order valence-electron chi connectivity index (χ1n) is 8.12. The molecule has 4 nitrogen and oxygen atoms in total. The first kappa shape index (κ1) is 17.2. The van der Waals surface area contributed by atoms with Crippen LogP contribution < -0.4 is 5.32 Å². The molecule has 1 N–H and O–H groups in total. The summed E-state index contributed by atoms with van der Waals surface area (Å²) >= 11 is 6.12. The van der Waals surface area contributed by atoms with Crippen molar-refractivity contribution in [2.75, 3.05) is 0 Å². The predicted molar refractivity (Wildman–Crippen MR) is 98.7 cm³/mol. The first-order valence-corrected chi connectivity index (χ1v) is 8.50. The molecule has 2 amide bonds. The minimum atomic E-state index is -0.301. The lowest BCUT2D eigenvalue weighted by Gasteiger charge is -2.32. The molecule has 2 aromatic rings. The highest BCUT2D eigenvalue weighted by Crippen LogP contribution is 2.32. The molecule has 0 aliphatic carbocycles. The summed E-state index contributed by atoms with van der Waals surface area (Å²) in [4.78, 5) is 26.0. The molecule has 1 heterocycles. The molecule has 0 aromatic heterocycles. The third-order valence-corrected chi connectivity index (χ3v) is 4.65. The Morgan fingerprint density at radius 2 is 1.84 bits per heavy atom. The van der Waals surface area contributed by atoms with Crippen molar-refractivity contribution in [3.05, 3.63) is 76.4 Å². The number of benzene rings is 2. The average Bonchev–Trinajstić information content (AvgIpc) is 2.61. The minimum Gasteiger partial charge on any atom is -0.352 e. The van der Waals surface area contributed by atoms with E-state index in [1.807, 2.05) is 48.5 Å². The Balaban J connectivity index is 1.73. The van der Waals surface area contributed by atoms with E-state index in [-0.39, 0.29) is 24.3 Å². The van der Waals surface area contributed by atoms with E-state index in [9.17, 15) is 9.59 Å². The highest BCUT2D eigenvalue weighted by Gasteiger charge is 2.28. The van der Waals surface area contributed by atoms with Crippen LogP contribution in [0.4, 0.5) is 0 Å². The molecule has 0 unspecified atom stereocenters. The van der Waals surface area contributed by atoms with Gasteiger partial charge in [-0.2, -0.15) is 0 Å². The lowest BCUT2D eigenvalue weighted by Crippen LogP contribution is -2.35. The standard InChI is InChI=1S/C20H19ClN2O2/c1-14(24)23-11-10-15-6-2-4-8-17(15)19(23)12-20(25)22-13-16-7-3-5-9-18(16)21/h2-11,19H,12-13H2,1H3,(H,22,25)/t19-/m1/s1. The van der Waals surface area contributed by atoms with Gasteiger partial charge in [0.05, 0.1) is 12.5 Å². The highest BCUT2D eigenvalue weighted by atomic mass is 35.5. The number of hydrogen-bond acceptors (Lipinski definition) is 2. The zero-order valence-corrected chi connectivity index (χ0v) is 14.7. The predicted octanol–water partition coefficient (Wildman–Crippen LogP) is 3.92. The van der Waals surface area contributed by atoms with Gasteiger partial charge in [-0.1, -0.05) is 54.1 Å². The van der Waals surface area contributed by atoms with Crippen molar-refractivity contribution in [2.24, 2.45) is 0 Å². The van der Waals surface area contributed by atoms with E-state index in [2.05, 4.69) is 5.32 Å². The Morgan fingerprint density at radius 3 is 2.60 bits per heavy atom. The van der Waals surface area contributed by atoms with Gasteiger partial charge in [0.25, 0.3) is 0 Å². The zero-order valence-electron chi connectivity index (χ0n) is 13.9. The van der Waals surface area contributed by atoms with Crippen LogP contribution in [0.3, 0.4) is 0 Å². The molecule has 0 radical (unpaired) electrons. The van der Waals surface area contributed by atoms with E-state index in [0.717, 1.165) is 16.7 Å². The Labute approximate surface area is 152 Å². The monoisotopic (exact) mass is 354 g/mol. The summed E-state index contributed by atoms with van der Waals surface area (Å²) in [5, 5.41) is 3.52.